The van der Waals surface area contributed by atoms with Crippen LogP contribution in [-0.2, 0) is 11.8 Å². The summed E-state index contributed by atoms with van der Waals surface area (Å²) in [4.78, 5) is 27.7. The molecule has 0 bridgehead atoms. The Morgan fingerprint density at radius 1 is 1.18 bits per heavy atom. The number of rotatable bonds is 5. The highest BCUT2D eigenvalue weighted by atomic mass is 16.2. The second-order valence-corrected chi connectivity index (χ2v) is 7.82. The molecule has 2 aromatic heterocycles. The Kier molecular flexibility index (Phi) is 4.75. The lowest BCUT2D eigenvalue weighted by atomic mass is 10.0. The fourth-order valence-corrected chi connectivity index (χ4v) is 3.89. The molecule has 1 amide bonds. The third-order valence-electron chi connectivity index (χ3n) is 5.51. The topological polar surface area (TPSA) is 75.9 Å². The molecule has 1 aliphatic rings. The number of fused-ring (bicyclic) bond motifs is 1. The van der Waals surface area contributed by atoms with Gasteiger partial charge in [0.05, 0.1) is 23.4 Å². The first-order valence-electron chi connectivity index (χ1n) is 9.76. The summed E-state index contributed by atoms with van der Waals surface area (Å²) in [5, 5.41) is 3.36. The van der Waals surface area contributed by atoms with Gasteiger partial charge >= 0.3 is 0 Å². The van der Waals surface area contributed by atoms with E-state index in [4.69, 9.17) is 0 Å². The van der Waals surface area contributed by atoms with Gasteiger partial charge < -0.3 is 9.88 Å². The van der Waals surface area contributed by atoms with E-state index in [9.17, 15) is 4.79 Å². The maximum absolute atomic E-state index is 12.4. The fraction of sp³-hybridized carbons (Fsp3) is 0.429. The quantitative estimate of drug-likeness (QED) is 0.733. The second-order valence-electron chi connectivity index (χ2n) is 7.82. The van der Waals surface area contributed by atoms with E-state index >= 15 is 0 Å². The average Bonchev–Trinajstić information content (AvgIpc) is 3.24. The molecule has 1 saturated heterocycles. The van der Waals surface area contributed by atoms with E-state index in [1.165, 1.54) is 0 Å². The van der Waals surface area contributed by atoms with Gasteiger partial charge in [0.1, 0.15) is 5.82 Å². The lowest BCUT2D eigenvalue weighted by molar-refractivity contribution is -0.117. The lowest BCUT2D eigenvalue weighted by Crippen LogP contribution is -2.37. The fourth-order valence-electron chi connectivity index (χ4n) is 3.89. The number of hydrogen-bond donors (Lipinski definition) is 1. The molecule has 1 fully saturated rings. The highest BCUT2D eigenvalue weighted by Gasteiger charge is 2.35. The SMILES string of the molecule is CC(Nc1nccc(N2C(=O)CC[C@@H]2C(C)C)n1)c1ccc2c(c1)ncn2C. The molecule has 7 heteroatoms. The summed E-state index contributed by atoms with van der Waals surface area (Å²) in [6.07, 6.45) is 4.99. The molecular formula is C21H26N6O. The van der Waals surface area contributed by atoms with Gasteiger partial charge in [-0.3, -0.25) is 9.69 Å². The van der Waals surface area contributed by atoms with Crippen molar-refractivity contribution in [2.45, 2.75) is 45.7 Å². The van der Waals surface area contributed by atoms with Gasteiger partial charge in [-0.25, -0.2) is 9.97 Å². The molecule has 28 heavy (non-hydrogen) atoms. The Hall–Kier alpha value is -2.96. The second kappa shape index (κ2) is 7.22. The lowest BCUT2D eigenvalue weighted by Gasteiger charge is -2.27. The molecule has 7 nitrogen and oxygen atoms in total. The van der Waals surface area contributed by atoms with Crippen LogP contribution in [0.2, 0.25) is 0 Å². The average molecular weight is 378 g/mol. The van der Waals surface area contributed by atoms with E-state index in [1.807, 2.05) is 28.9 Å². The van der Waals surface area contributed by atoms with Crippen molar-refractivity contribution in [2.24, 2.45) is 13.0 Å². The molecule has 1 unspecified atom stereocenters. The number of carbonyl (C=O) groups excluding carboxylic acids is 1. The standard InChI is InChI=1S/C21H26N6O/c1-13(2)17-7-8-20(28)27(17)19-9-10-22-21(25-19)24-14(3)15-5-6-18-16(11-15)23-12-26(18)4/h5-6,9-14,17H,7-8H2,1-4H3,(H,22,24,25)/t14?,17-/m1/s1. The summed E-state index contributed by atoms with van der Waals surface area (Å²) in [5.74, 6) is 1.72. The molecule has 3 heterocycles. The Labute approximate surface area is 164 Å². The molecule has 3 aromatic rings. The molecule has 146 valence electrons. The highest BCUT2D eigenvalue weighted by Crippen LogP contribution is 2.30. The molecule has 2 atom stereocenters. The van der Waals surface area contributed by atoms with Crippen molar-refractivity contribution in [2.75, 3.05) is 10.2 Å². The van der Waals surface area contributed by atoms with Crippen LogP contribution in [0, 0.1) is 5.92 Å². The minimum absolute atomic E-state index is 0.0110. The molecule has 1 aromatic carbocycles. The number of nitrogens with one attached hydrogen (secondary N) is 1. The summed E-state index contributed by atoms with van der Waals surface area (Å²) in [6.45, 7) is 6.36. The van der Waals surface area contributed by atoms with Gasteiger partial charge in [0.25, 0.3) is 0 Å². The van der Waals surface area contributed by atoms with Crippen molar-refractivity contribution in [1.82, 2.24) is 19.5 Å². The van der Waals surface area contributed by atoms with Crippen LogP contribution in [0.25, 0.3) is 11.0 Å². The summed E-state index contributed by atoms with van der Waals surface area (Å²) in [6, 6.07) is 8.26. The Morgan fingerprint density at radius 3 is 2.79 bits per heavy atom. The van der Waals surface area contributed by atoms with Crippen LogP contribution in [-0.4, -0.2) is 31.5 Å². The van der Waals surface area contributed by atoms with E-state index in [2.05, 4.69) is 59.2 Å². The molecule has 4 rings (SSSR count). The molecule has 1 aliphatic heterocycles. The van der Waals surface area contributed by atoms with Crippen molar-refractivity contribution in [3.63, 3.8) is 0 Å². The van der Waals surface area contributed by atoms with Crippen molar-refractivity contribution in [3.8, 4) is 0 Å². The maximum Gasteiger partial charge on any atom is 0.228 e. The monoisotopic (exact) mass is 378 g/mol. The molecule has 0 spiro atoms. The van der Waals surface area contributed by atoms with E-state index in [-0.39, 0.29) is 18.0 Å². The molecular weight excluding hydrogens is 352 g/mol. The predicted octanol–water partition coefficient (Wildman–Crippen LogP) is 3.69. The van der Waals surface area contributed by atoms with Crippen LogP contribution >= 0.6 is 0 Å². The van der Waals surface area contributed by atoms with Crippen LogP contribution in [0.1, 0.15) is 45.2 Å². The number of anilines is 2. The Balaban J connectivity index is 1.56. The largest absolute Gasteiger partial charge is 0.348 e. The number of amides is 1. The van der Waals surface area contributed by atoms with Gasteiger partial charge in [0.15, 0.2) is 0 Å². The first kappa shape index (κ1) is 18.4. The number of aromatic nitrogens is 4. The van der Waals surface area contributed by atoms with E-state index in [1.54, 1.807) is 6.20 Å². The first-order valence-corrected chi connectivity index (χ1v) is 9.76. The maximum atomic E-state index is 12.4. The van der Waals surface area contributed by atoms with Crippen molar-refractivity contribution in [3.05, 3.63) is 42.4 Å². The van der Waals surface area contributed by atoms with Gasteiger partial charge in [-0.2, -0.15) is 4.98 Å². The number of nitrogens with zero attached hydrogens (tertiary/aromatic N) is 5. The van der Waals surface area contributed by atoms with Crippen molar-refractivity contribution < 1.29 is 4.79 Å². The summed E-state index contributed by atoms with van der Waals surface area (Å²) >= 11 is 0. The number of hydrogen-bond acceptors (Lipinski definition) is 5. The minimum Gasteiger partial charge on any atom is -0.348 e. The van der Waals surface area contributed by atoms with E-state index in [0.717, 1.165) is 23.0 Å². The van der Waals surface area contributed by atoms with E-state index in [0.29, 0.717) is 24.1 Å². The minimum atomic E-state index is 0.0110. The summed E-state index contributed by atoms with van der Waals surface area (Å²) in [5.41, 5.74) is 3.17. The van der Waals surface area contributed by atoms with E-state index < -0.39 is 0 Å². The van der Waals surface area contributed by atoms with Crippen LogP contribution in [0.3, 0.4) is 0 Å². The van der Waals surface area contributed by atoms with Gasteiger partial charge in [0, 0.05) is 25.7 Å². The number of benzene rings is 1. The predicted molar refractivity (Wildman–Crippen MR) is 110 cm³/mol. The number of imidazole rings is 1. The molecule has 0 aliphatic carbocycles. The normalized spacial score (nSPS) is 18.2. The zero-order valence-electron chi connectivity index (χ0n) is 16.8. The third-order valence-corrected chi connectivity index (χ3v) is 5.51. The Bertz CT molecular complexity index is 1010. The zero-order chi connectivity index (χ0) is 19.8. The van der Waals surface area contributed by atoms with Crippen molar-refractivity contribution >= 4 is 28.7 Å². The highest BCUT2D eigenvalue weighted by molar-refractivity contribution is 5.95. The first-order chi connectivity index (χ1) is 13.4. The summed E-state index contributed by atoms with van der Waals surface area (Å²) < 4.78 is 2.00. The zero-order valence-corrected chi connectivity index (χ0v) is 16.8. The van der Waals surface area contributed by atoms with Crippen molar-refractivity contribution in [1.29, 1.82) is 0 Å². The molecule has 1 N–H and O–H groups in total. The summed E-state index contributed by atoms with van der Waals surface area (Å²) in [7, 11) is 1.99. The van der Waals surface area contributed by atoms with Crippen LogP contribution in [0.5, 0.6) is 0 Å². The van der Waals surface area contributed by atoms with Gasteiger partial charge in [-0.1, -0.05) is 19.9 Å². The van der Waals surface area contributed by atoms with Gasteiger partial charge in [-0.05, 0) is 43.0 Å². The molecule has 0 saturated carbocycles. The van der Waals surface area contributed by atoms with Crippen LogP contribution in [0.4, 0.5) is 11.8 Å². The number of carbonyl (C=O) groups is 1. The molecule has 0 radical (unpaired) electrons. The Morgan fingerprint density at radius 2 is 2.00 bits per heavy atom. The van der Waals surface area contributed by atoms with Gasteiger partial charge in [0.2, 0.25) is 11.9 Å². The smallest absolute Gasteiger partial charge is 0.228 e. The number of aryl methyl sites for hydroxylation is 1. The van der Waals surface area contributed by atoms with Crippen LogP contribution in [0.15, 0.2) is 36.8 Å². The van der Waals surface area contributed by atoms with Crippen LogP contribution < -0.4 is 10.2 Å². The van der Waals surface area contributed by atoms with Gasteiger partial charge in [-0.15, -0.1) is 0 Å². The third kappa shape index (κ3) is 3.32.